The molecule has 0 saturated carbocycles. The van der Waals surface area contributed by atoms with Crippen LogP contribution in [0.3, 0.4) is 0 Å². The van der Waals surface area contributed by atoms with Gasteiger partial charge in [-0.3, -0.25) is 4.90 Å². The van der Waals surface area contributed by atoms with E-state index in [1.165, 1.54) is 13.7 Å². The van der Waals surface area contributed by atoms with Gasteiger partial charge in [-0.25, -0.2) is 4.79 Å². The summed E-state index contributed by atoms with van der Waals surface area (Å²) < 4.78 is 10.4. The van der Waals surface area contributed by atoms with E-state index >= 15 is 0 Å². The fraction of sp³-hybridized carbons (Fsp3) is 0.688. The fourth-order valence-electron chi connectivity index (χ4n) is 2.80. The number of esters is 1. The molecule has 0 radical (unpaired) electrons. The molecule has 0 aliphatic carbocycles. The van der Waals surface area contributed by atoms with Crippen molar-refractivity contribution in [2.24, 2.45) is 5.92 Å². The van der Waals surface area contributed by atoms with E-state index in [1.54, 1.807) is 6.92 Å². The van der Waals surface area contributed by atoms with Gasteiger partial charge in [-0.15, -0.1) is 0 Å². The summed E-state index contributed by atoms with van der Waals surface area (Å²) in [6, 6.07) is 1.81. The molecule has 5 nitrogen and oxygen atoms in total. The number of furan rings is 1. The molecular weight excluding hydrogens is 268 g/mol. The van der Waals surface area contributed by atoms with Crippen LogP contribution in [0.25, 0.3) is 0 Å². The zero-order valence-electron chi connectivity index (χ0n) is 13.5. The first-order valence-electron chi connectivity index (χ1n) is 7.62. The Labute approximate surface area is 126 Å². The van der Waals surface area contributed by atoms with Crippen LogP contribution in [0.4, 0.5) is 0 Å². The third-order valence-electron chi connectivity index (χ3n) is 3.84. The lowest BCUT2D eigenvalue weighted by Crippen LogP contribution is -2.46. The summed E-state index contributed by atoms with van der Waals surface area (Å²) in [5, 5.41) is 0. The summed E-state index contributed by atoms with van der Waals surface area (Å²) in [7, 11) is 1.39. The van der Waals surface area contributed by atoms with Crippen LogP contribution in [-0.4, -0.2) is 55.6 Å². The van der Waals surface area contributed by atoms with Gasteiger partial charge in [-0.1, -0.05) is 13.8 Å². The molecule has 118 valence electrons. The number of methoxy groups -OCH3 is 1. The molecule has 1 aromatic rings. The van der Waals surface area contributed by atoms with Gasteiger partial charge in [0.15, 0.2) is 0 Å². The highest BCUT2D eigenvalue weighted by atomic mass is 16.5. The lowest BCUT2D eigenvalue weighted by Gasteiger charge is -2.35. The molecule has 0 N–H and O–H groups in total. The van der Waals surface area contributed by atoms with Crippen molar-refractivity contribution in [3.8, 4) is 0 Å². The first-order valence-corrected chi connectivity index (χ1v) is 7.62. The van der Waals surface area contributed by atoms with E-state index in [9.17, 15) is 4.79 Å². The molecule has 1 saturated heterocycles. The van der Waals surface area contributed by atoms with E-state index in [1.807, 2.05) is 6.07 Å². The second-order valence-electron chi connectivity index (χ2n) is 6.14. The van der Waals surface area contributed by atoms with Crippen LogP contribution >= 0.6 is 0 Å². The zero-order valence-corrected chi connectivity index (χ0v) is 13.5. The number of nitrogens with zero attached hydrogens (tertiary/aromatic N) is 2. The number of rotatable bonds is 5. The Morgan fingerprint density at radius 2 is 1.90 bits per heavy atom. The normalized spacial score (nSPS) is 17.4. The Hall–Kier alpha value is -1.33. The van der Waals surface area contributed by atoms with Gasteiger partial charge < -0.3 is 14.1 Å². The molecule has 1 aromatic heterocycles. The third kappa shape index (κ3) is 4.32. The monoisotopic (exact) mass is 294 g/mol. The fourth-order valence-corrected chi connectivity index (χ4v) is 2.80. The van der Waals surface area contributed by atoms with Gasteiger partial charge in [0.25, 0.3) is 0 Å². The third-order valence-corrected chi connectivity index (χ3v) is 3.84. The smallest absolute Gasteiger partial charge is 0.341 e. The molecule has 0 atom stereocenters. The summed E-state index contributed by atoms with van der Waals surface area (Å²) in [6.07, 6.45) is 0. The SMILES string of the molecule is COC(=O)c1cc(CN2CCN(CC(C)C)CC2)oc1C. The second kappa shape index (κ2) is 7.09. The van der Waals surface area contributed by atoms with Crippen molar-refractivity contribution < 1.29 is 13.9 Å². The maximum Gasteiger partial charge on any atom is 0.341 e. The molecule has 0 bridgehead atoms. The molecule has 0 amide bonds. The predicted molar refractivity (Wildman–Crippen MR) is 81.3 cm³/mol. The molecule has 0 unspecified atom stereocenters. The molecule has 0 spiro atoms. The maximum absolute atomic E-state index is 11.6. The first-order chi connectivity index (χ1) is 9.99. The van der Waals surface area contributed by atoms with Crippen LogP contribution in [0.5, 0.6) is 0 Å². The number of hydrogen-bond acceptors (Lipinski definition) is 5. The van der Waals surface area contributed by atoms with Crippen LogP contribution in [0, 0.1) is 12.8 Å². The minimum absolute atomic E-state index is 0.329. The van der Waals surface area contributed by atoms with Crippen molar-refractivity contribution >= 4 is 5.97 Å². The Morgan fingerprint density at radius 1 is 1.29 bits per heavy atom. The summed E-state index contributed by atoms with van der Waals surface area (Å²) >= 11 is 0. The van der Waals surface area contributed by atoms with E-state index in [-0.39, 0.29) is 5.97 Å². The van der Waals surface area contributed by atoms with Crippen LogP contribution in [0.1, 0.15) is 35.7 Å². The second-order valence-corrected chi connectivity index (χ2v) is 6.14. The Bertz CT molecular complexity index is 474. The minimum atomic E-state index is -0.329. The number of carbonyl (C=O) groups excluding carboxylic acids is 1. The number of piperazine rings is 1. The Morgan fingerprint density at radius 3 is 2.48 bits per heavy atom. The van der Waals surface area contributed by atoms with E-state index in [0.717, 1.165) is 38.5 Å². The van der Waals surface area contributed by atoms with E-state index in [4.69, 9.17) is 9.15 Å². The molecule has 0 aromatic carbocycles. The van der Waals surface area contributed by atoms with Crippen LogP contribution < -0.4 is 0 Å². The average molecular weight is 294 g/mol. The summed E-state index contributed by atoms with van der Waals surface area (Å²) in [5.74, 6) is 1.86. The van der Waals surface area contributed by atoms with Crippen molar-refractivity contribution in [3.63, 3.8) is 0 Å². The van der Waals surface area contributed by atoms with Crippen molar-refractivity contribution in [3.05, 3.63) is 23.2 Å². The zero-order chi connectivity index (χ0) is 15.4. The number of hydrogen-bond donors (Lipinski definition) is 0. The molecule has 1 aliphatic rings. The van der Waals surface area contributed by atoms with E-state index in [2.05, 4.69) is 23.6 Å². The predicted octanol–water partition coefficient (Wildman–Crippen LogP) is 2.15. The molecule has 5 heteroatoms. The number of aryl methyl sites for hydroxylation is 1. The number of ether oxygens (including phenoxy) is 1. The Kier molecular flexibility index (Phi) is 5.42. The standard InChI is InChI=1S/C16H26N2O3/c1-12(2)10-17-5-7-18(8-6-17)11-14-9-15(13(3)21-14)16(19)20-4/h9,12H,5-8,10-11H2,1-4H3. The van der Waals surface area contributed by atoms with Gasteiger partial charge >= 0.3 is 5.97 Å². The van der Waals surface area contributed by atoms with Crippen LogP contribution in [0.15, 0.2) is 10.5 Å². The topological polar surface area (TPSA) is 45.9 Å². The molecule has 1 aliphatic heterocycles. The summed E-state index contributed by atoms with van der Waals surface area (Å²) in [5.41, 5.74) is 0.533. The van der Waals surface area contributed by atoms with E-state index in [0.29, 0.717) is 17.2 Å². The van der Waals surface area contributed by atoms with Gasteiger partial charge in [-0.2, -0.15) is 0 Å². The molecular formula is C16H26N2O3. The van der Waals surface area contributed by atoms with Gasteiger partial charge in [0.2, 0.25) is 0 Å². The van der Waals surface area contributed by atoms with Crippen molar-refractivity contribution in [2.45, 2.75) is 27.3 Å². The quantitative estimate of drug-likeness (QED) is 0.779. The maximum atomic E-state index is 11.6. The van der Waals surface area contributed by atoms with Gasteiger partial charge in [-0.05, 0) is 18.9 Å². The molecule has 1 fully saturated rings. The number of carbonyl (C=O) groups is 1. The molecule has 21 heavy (non-hydrogen) atoms. The van der Waals surface area contributed by atoms with Crippen molar-refractivity contribution in [1.29, 1.82) is 0 Å². The van der Waals surface area contributed by atoms with Gasteiger partial charge in [0, 0.05) is 32.7 Å². The average Bonchev–Trinajstić information content (AvgIpc) is 2.80. The van der Waals surface area contributed by atoms with Crippen molar-refractivity contribution in [2.75, 3.05) is 39.8 Å². The lowest BCUT2D eigenvalue weighted by molar-refractivity contribution is 0.0599. The van der Waals surface area contributed by atoms with Crippen molar-refractivity contribution in [1.82, 2.24) is 9.80 Å². The molecule has 2 heterocycles. The van der Waals surface area contributed by atoms with Gasteiger partial charge in [0.1, 0.15) is 17.1 Å². The largest absolute Gasteiger partial charge is 0.465 e. The van der Waals surface area contributed by atoms with Crippen LogP contribution in [0.2, 0.25) is 0 Å². The summed E-state index contributed by atoms with van der Waals surface area (Å²) in [4.78, 5) is 16.5. The minimum Gasteiger partial charge on any atom is -0.465 e. The first kappa shape index (κ1) is 16.0. The Balaban J connectivity index is 1.88. The highest BCUT2D eigenvalue weighted by Gasteiger charge is 2.20. The summed E-state index contributed by atoms with van der Waals surface area (Å²) in [6.45, 7) is 12.5. The van der Waals surface area contributed by atoms with E-state index < -0.39 is 0 Å². The molecule has 2 rings (SSSR count). The highest BCUT2D eigenvalue weighted by molar-refractivity contribution is 5.90. The van der Waals surface area contributed by atoms with Crippen LogP contribution in [-0.2, 0) is 11.3 Å². The highest BCUT2D eigenvalue weighted by Crippen LogP contribution is 2.18. The lowest BCUT2D eigenvalue weighted by atomic mass is 10.2. The van der Waals surface area contributed by atoms with Gasteiger partial charge in [0.05, 0.1) is 13.7 Å².